The summed E-state index contributed by atoms with van der Waals surface area (Å²) in [4.78, 5) is 24.6. The van der Waals surface area contributed by atoms with Gasteiger partial charge in [0.05, 0.1) is 13.2 Å². The SMILES string of the molecule is CCOCCN1CC(=O)NC(CC)C1=O. The van der Waals surface area contributed by atoms with Gasteiger partial charge >= 0.3 is 0 Å². The Morgan fingerprint density at radius 3 is 2.80 bits per heavy atom. The molecule has 0 aromatic carbocycles. The van der Waals surface area contributed by atoms with Crippen LogP contribution in [0, 0.1) is 0 Å². The topological polar surface area (TPSA) is 58.6 Å². The summed E-state index contributed by atoms with van der Waals surface area (Å²) >= 11 is 0. The van der Waals surface area contributed by atoms with Gasteiger partial charge in [0, 0.05) is 13.2 Å². The molecule has 0 bridgehead atoms. The first kappa shape index (κ1) is 12.0. The average molecular weight is 214 g/mol. The Bertz CT molecular complexity index is 243. The summed E-state index contributed by atoms with van der Waals surface area (Å²) in [6, 6.07) is -0.354. The highest BCUT2D eigenvalue weighted by atomic mass is 16.5. The minimum Gasteiger partial charge on any atom is -0.380 e. The number of carbonyl (C=O) groups excluding carboxylic acids is 2. The van der Waals surface area contributed by atoms with E-state index in [1.807, 2.05) is 13.8 Å². The van der Waals surface area contributed by atoms with Crippen LogP contribution in [-0.2, 0) is 14.3 Å². The standard InChI is InChI=1S/C10H18N2O3/c1-3-8-10(14)12(5-6-15-4-2)7-9(13)11-8/h8H,3-7H2,1-2H3,(H,11,13). The molecule has 15 heavy (non-hydrogen) atoms. The Morgan fingerprint density at radius 2 is 2.20 bits per heavy atom. The molecule has 5 heteroatoms. The van der Waals surface area contributed by atoms with E-state index in [-0.39, 0.29) is 24.4 Å². The molecule has 1 aliphatic rings. The van der Waals surface area contributed by atoms with Crippen molar-refractivity contribution >= 4 is 11.8 Å². The number of hydrogen-bond donors (Lipinski definition) is 1. The van der Waals surface area contributed by atoms with E-state index >= 15 is 0 Å². The normalized spacial score (nSPS) is 21.7. The van der Waals surface area contributed by atoms with Gasteiger partial charge in [-0.2, -0.15) is 0 Å². The quantitative estimate of drug-likeness (QED) is 0.643. The van der Waals surface area contributed by atoms with E-state index < -0.39 is 0 Å². The van der Waals surface area contributed by atoms with Crippen molar-refractivity contribution in [2.75, 3.05) is 26.3 Å². The molecule has 0 radical (unpaired) electrons. The van der Waals surface area contributed by atoms with E-state index in [0.29, 0.717) is 26.2 Å². The van der Waals surface area contributed by atoms with Crippen molar-refractivity contribution in [2.45, 2.75) is 26.3 Å². The van der Waals surface area contributed by atoms with Crippen LogP contribution in [0.2, 0.25) is 0 Å². The highest BCUT2D eigenvalue weighted by Crippen LogP contribution is 2.05. The fourth-order valence-corrected chi connectivity index (χ4v) is 1.56. The van der Waals surface area contributed by atoms with E-state index in [9.17, 15) is 9.59 Å². The molecule has 1 N–H and O–H groups in total. The molecule has 0 aromatic heterocycles. The van der Waals surface area contributed by atoms with Gasteiger partial charge in [0.2, 0.25) is 11.8 Å². The van der Waals surface area contributed by atoms with Crippen molar-refractivity contribution in [3.05, 3.63) is 0 Å². The predicted octanol–water partition coefficient (Wildman–Crippen LogP) is -0.240. The lowest BCUT2D eigenvalue weighted by Gasteiger charge is -2.31. The second-order valence-electron chi connectivity index (χ2n) is 3.49. The molecule has 1 saturated heterocycles. The molecule has 1 aliphatic heterocycles. The zero-order valence-corrected chi connectivity index (χ0v) is 9.28. The third kappa shape index (κ3) is 3.20. The van der Waals surface area contributed by atoms with Gasteiger partial charge in [-0.15, -0.1) is 0 Å². The number of amides is 2. The fourth-order valence-electron chi connectivity index (χ4n) is 1.56. The molecule has 1 heterocycles. The molecule has 1 atom stereocenters. The van der Waals surface area contributed by atoms with Crippen molar-refractivity contribution in [2.24, 2.45) is 0 Å². The molecule has 1 fully saturated rings. The molecule has 0 saturated carbocycles. The summed E-state index contributed by atoms with van der Waals surface area (Å²) < 4.78 is 5.16. The van der Waals surface area contributed by atoms with Crippen LogP contribution >= 0.6 is 0 Å². The van der Waals surface area contributed by atoms with Gasteiger partial charge in [0.15, 0.2) is 0 Å². The van der Waals surface area contributed by atoms with Crippen molar-refractivity contribution in [1.29, 1.82) is 0 Å². The number of piperazine rings is 1. The lowest BCUT2D eigenvalue weighted by molar-refractivity contribution is -0.145. The second kappa shape index (κ2) is 5.70. The Balaban J connectivity index is 2.47. The molecular weight excluding hydrogens is 196 g/mol. The summed E-state index contributed by atoms with van der Waals surface area (Å²) in [7, 11) is 0. The maximum atomic E-state index is 11.8. The third-order valence-electron chi connectivity index (χ3n) is 2.40. The van der Waals surface area contributed by atoms with Crippen LogP contribution in [0.4, 0.5) is 0 Å². The Hall–Kier alpha value is -1.10. The molecule has 1 unspecified atom stereocenters. The Labute approximate surface area is 89.8 Å². The minimum absolute atomic E-state index is 0.00296. The van der Waals surface area contributed by atoms with E-state index in [1.54, 1.807) is 4.90 Å². The van der Waals surface area contributed by atoms with E-state index in [0.717, 1.165) is 0 Å². The van der Waals surface area contributed by atoms with Gasteiger partial charge in [-0.3, -0.25) is 9.59 Å². The first-order valence-corrected chi connectivity index (χ1v) is 5.35. The molecule has 0 spiro atoms. The highest BCUT2D eigenvalue weighted by Gasteiger charge is 2.30. The van der Waals surface area contributed by atoms with Crippen LogP contribution in [0.5, 0.6) is 0 Å². The number of hydrogen-bond acceptors (Lipinski definition) is 3. The summed E-state index contributed by atoms with van der Waals surface area (Å²) in [6.45, 7) is 5.56. The zero-order chi connectivity index (χ0) is 11.3. The van der Waals surface area contributed by atoms with Gasteiger partial charge in [0.25, 0.3) is 0 Å². The van der Waals surface area contributed by atoms with Gasteiger partial charge in [-0.25, -0.2) is 0 Å². The van der Waals surface area contributed by atoms with Gasteiger partial charge in [-0.1, -0.05) is 6.92 Å². The van der Waals surface area contributed by atoms with Crippen LogP contribution in [0.3, 0.4) is 0 Å². The molecule has 86 valence electrons. The Morgan fingerprint density at radius 1 is 1.47 bits per heavy atom. The number of rotatable bonds is 5. The largest absolute Gasteiger partial charge is 0.380 e. The van der Waals surface area contributed by atoms with Crippen LogP contribution in [0.15, 0.2) is 0 Å². The van der Waals surface area contributed by atoms with Gasteiger partial charge in [-0.05, 0) is 13.3 Å². The maximum Gasteiger partial charge on any atom is 0.245 e. The Kier molecular flexibility index (Phi) is 4.55. The summed E-state index contributed by atoms with van der Waals surface area (Å²) in [5.41, 5.74) is 0. The first-order chi connectivity index (χ1) is 7.19. The van der Waals surface area contributed by atoms with Crippen molar-refractivity contribution in [1.82, 2.24) is 10.2 Å². The highest BCUT2D eigenvalue weighted by molar-refractivity contribution is 5.94. The number of nitrogens with one attached hydrogen (secondary N) is 1. The molecular formula is C10H18N2O3. The summed E-state index contributed by atoms with van der Waals surface area (Å²) in [5.74, 6) is -0.0882. The molecule has 0 aliphatic carbocycles. The summed E-state index contributed by atoms with van der Waals surface area (Å²) in [6.07, 6.45) is 0.635. The average Bonchev–Trinajstić information content (AvgIpc) is 2.23. The lowest BCUT2D eigenvalue weighted by Crippen LogP contribution is -2.58. The zero-order valence-electron chi connectivity index (χ0n) is 9.28. The second-order valence-corrected chi connectivity index (χ2v) is 3.49. The number of nitrogens with zero attached hydrogens (tertiary/aromatic N) is 1. The number of carbonyl (C=O) groups is 2. The molecule has 1 rings (SSSR count). The van der Waals surface area contributed by atoms with E-state index in [1.165, 1.54) is 0 Å². The summed E-state index contributed by atoms with van der Waals surface area (Å²) in [5, 5.41) is 2.67. The monoisotopic (exact) mass is 214 g/mol. The van der Waals surface area contributed by atoms with E-state index in [4.69, 9.17) is 4.74 Å². The molecule has 5 nitrogen and oxygen atoms in total. The fraction of sp³-hybridized carbons (Fsp3) is 0.800. The van der Waals surface area contributed by atoms with Crippen LogP contribution < -0.4 is 5.32 Å². The van der Waals surface area contributed by atoms with Crippen molar-refractivity contribution in [3.8, 4) is 0 Å². The maximum absolute atomic E-state index is 11.8. The third-order valence-corrected chi connectivity index (χ3v) is 2.40. The molecule has 2 amide bonds. The van der Waals surface area contributed by atoms with Crippen molar-refractivity contribution < 1.29 is 14.3 Å². The van der Waals surface area contributed by atoms with Crippen LogP contribution in [0.1, 0.15) is 20.3 Å². The van der Waals surface area contributed by atoms with Crippen LogP contribution in [-0.4, -0.2) is 49.1 Å². The van der Waals surface area contributed by atoms with Gasteiger partial charge < -0.3 is 15.0 Å². The molecule has 0 aromatic rings. The smallest absolute Gasteiger partial charge is 0.245 e. The van der Waals surface area contributed by atoms with Crippen molar-refractivity contribution in [3.63, 3.8) is 0 Å². The minimum atomic E-state index is -0.354. The van der Waals surface area contributed by atoms with E-state index in [2.05, 4.69) is 5.32 Å². The predicted molar refractivity (Wildman–Crippen MR) is 55.3 cm³/mol. The van der Waals surface area contributed by atoms with Crippen LogP contribution in [0.25, 0.3) is 0 Å². The first-order valence-electron chi connectivity index (χ1n) is 5.35. The van der Waals surface area contributed by atoms with Gasteiger partial charge in [0.1, 0.15) is 6.04 Å². The number of ether oxygens (including phenoxy) is 1. The lowest BCUT2D eigenvalue weighted by atomic mass is 10.1.